The molecule has 1 aromatic carbocycles. The average Bonchev–Trinajstić information content (AvgIpc) is 2.33. The van der Waals surface area contributed by atoms with Crippen LogP contribution in [0, 0.1) is 0 Å². The number of esters is 1. The average molecular weight is 274 g/mol. The van der Waals surface area contributed by atoms with Crippen molar-refractivity contribution >= 4 is 16.1 Å². The van der Waals surface area contributed by atoms with Crippen LogP contribution in [0.1, 0.15) is 16.8 Å². The van der Waals surface area contributed by atoms with Gasteiger partial charge in [-0.15, -0.1) is 0 Å². The molecule has 0 atom stereocenters. The fourth-order valence-electron chi connectivity index (χ4n) is 1.22. The SMILES string of the molecule is COc1ccc(C(=O)OCCCS(=O)(=O)O)cc1. The van der Waals surface area contributed by atoms with Gasteiger partial charge in [-0.1, -0.05) is 0 Å². The van der Waals surface area contributed by atoms with Crippen LogP contribution in [0.2, 0.25) is 0 Å². The zero-order valence-electron chi connectivity index (χ0n) is 9.83. The highest BCUT2D eigenvalue weighted by molar-refractivity contribution is 7.85. The van der Waals surface area contributed by atoms with Crippen LogP contribution in [-0.2, 0) is 14.9 Å². The Hall–Kier alpha value is -1.60. The van der Waals surface area contributed by atoms with Crippen LogP contribution in [0.3, 0.4) is 0 Å². The Bertz CT molecular complexity index is 491. The topological polar surface area (TPSA) is 89.9 Å². The lowest BCUT2D eigenvalue weighted by Gasteiger charge is -2.05. The number of carbonyl (C=O) groups excluding carboxylic acids is 1. The van der Waals surface area contributed by atoms with Crippen LogP contribution in [0.15, 0.2) is 24.3 Å². The molecule has 100 valence electrons. The van der Waals surface area contributed by atoms with E-state index in [1.54, 1.807) is 24.3 Å². The molecule has 0 aliphatic heterocycles. The molecule has 0 aromatic heterocycles. The third-order valence-corrected chi connectivity index (χ3v) is 2.91. The van der Waals surface area contributed by atoms with E-state index in [1.807, 2.05) is 0 Å². The first-order valence-electron chi connectivity index (χ1n) is 5.19. The zero-order chi connectivity index (χ0) is 13.6. The molecule has 6 nitrogen and oxygen atoms in total. The minimum absolute atomic E-state index is 0.0563. The smallest absolute Gasteiger partial charge is 0.338 e. The standard InChI is InChI=1S/C11H14O6S/c1-16-10-5-3-9(4-6-10)11(12)17-7-2-8-18(13,14)15/h3-6H,2,7-8H2,1H3,(H,13,14,15). The summed E-state index contributed by atoms with van der Waals surface area (Å²) in [7, 11) is -2.49. The molecule has 7 heteroatoms. The highest BCUT2D eigenvalue weighted by atomic mass is 32.2. The van der Waals surface area contributed by atoms with Crippen molar-refractivity contribution in [3.05, 3.63) is 29.8 Å². The van der Waals surface area contributed by atoms with Gasteiger partial charge in [0.25, 0.3) is 10.1 Å². The molecule has 0 bridgehead atoms. The van der Waals surface area contributed by atoms with E-state index in [-0.39, 0.29) is 13.0 Å². The molecule has 0 fully saturated rings. The first kappa shape index (κ1) is 14.5. The molecular formula is C11H14O6S. The monoisotopic (exact) mass is 274 g/mol. The van der Waals surface area contributed by atoms with Gasteiger partial charge in [0.15, 0.2) is 0 Å². The van der Waals surface area contributed by atoms with Crippen molar-refractivity contribution in [2.75, 3.05) is 19.5 Å². The quantitative estimate of drug-likeness (QED) is 0.475. The van der Waals surface area contributed by atoms with Crippen LogP contribution in [0.25, 0.3) is 0 Å². The lowest BCUT2D eigenvalue weighted by molar-refractivity contribution is 0.0505. The third-order valence-electron chi connectivity index (χ3n) is 2.11. The molecule has 1 rings (SSSR count). The van der Waals surface area contributed by atoms with E-state index in [4.69, 9.17) is 14.0 Å². The highest BCUT2D eigenvalue weighted by Crippen LogP contribution is 2.12. The second-order valence-corrected chi connectivity index (χ2v) is 5.08. The van der Waals surface area contributed by atoms with Crippen molar-refractivity contribution in [1.82, 2.24) is 0 Å². The van der Waals surface area contributed by atoms with E-state index in [2.05, 4.69) is 0 Å². The zero-order valence-corrected chi connectivity index (χ0v) is 10.6. The first-order valence-corrected chi connectivity index (χ1v) is 6.79. The normalized spacial score (nSPS) is 11.0. The van der Waals surface area contributed by atoms with Gasteiger partial charge in [-0.25, -0.2) is 4.79 Å². The predicted molar refractivity (Wildman–Crippen MR) is 64.3 cm³/mol. The molecule has 0 radical (unpaired) electrons. The second-order valence-electron chi connectivity index (χ2n) is 3.50. The van der Waals surface area contributed by atoms with Crippen molar-refractivity contribution in [1.29, 1.82) is 0 Å². The maximum absolute atomic E-state index is 11.5. The number of hydrogen-bond acceptors (Lipinski definition) is 5. The number of rotatable bonds is 6. The van der Waals surface area contributed by atoms with Crippen LogP contribution in [-0.4, -0.2) is 38.4 Å². The van der Waals surface area contributed by atoms with Crippen LogP contribution in [0.5, 0.6) is 5.75 Å². The van der Waals surface area contributed by atoms with E-state index in [0.717, 1.165) is 0 Å². The number of methoxy groups -OCH3 is 1. The molecule has 1 aromatic rings. The van der Waals surface area contributed by atoms with E-state index in [9.17, 15) is 13.2 Å². The first-order chi connectivity index (χ1) is 8.42. The van der Waals surface area contributed by atoms with Gasteiger partial charge in [-0.2, -0.15) is 8.42 Å². The summed E-state index contributed by atoms with van der Waals surface area (Å²) in [6, 6.07) is 6.33. The van der Waals surface area contributed by atoms with Gasteiger partial charge in [-0.05, 0) is 30.7 Å². The lowest BCUT2D eigenvalue weighted by Crippen LogP contribution is -2.11. The Morgan fingerprint density at radius 2 is 1.89 bits per heavy atom. The van der Waals surface area contributed by atoms with Gasteiger partial charge in [0, 0.05) is 0 Å². The summed E-state index contributed by atoms with van der Waals surface area (Å²) in [5.41, 5.74) is 0.350. The van der Waals surface area contributed by atoms with E-state index in [0.29, 0.717) is 11.3 Å². The number of benzene rings is 1. The molecule has 0 saturated heterocycles. The summed E-state index contributed by atoms with van der Waals surface area (Å²) in [6.07, 6.45) is 0.0563. The van der Waals surface area contributed by atoms with Gasteiger partial charge < -0.3 is 9.47 Å². The Labute approximate surface area is 105 Å². The Morgan fingerprint density at radius 3 is 2.39 bits per heavy atom. The van der Waals surface area contributed by atoms with Crippen molar-refractivity contribution < 1.29 is 27.2 Å². The Kier molecular flexibility index (Phi) is 5.11. The Morgan fingerprint density at radius 1 is 1.28 bits per heavy atom. The maximum atomic E-state index is 11.5. The summed E-state index contributed by atoms with van der Waals surface area (Å²) in [5.74, 6) is -0.353. The van der Waals surface area contributed by atoms with E-state index in [1.165, 1.54) is 7.11 Å². The fourth-order valence-corrected chi connectivity index (χ4v) is 1.70. The second kappa shape index (κ2) is 6.36. The predicted octanol–water partition coefficient (Wildman–Crippen LogP) is 1.13. The molecule has 0 heterocycles. The minimum atomic E-state index is -4.00. The van der Waals surface area contributed by atoms with Gasteiger partial charge >= 0.3 is 5.97 Å². The molecule has 18 heavy (non-hydrogen) atoms. The molecule has 0 saturated carbocycles. The van der Waals surface area contributed by atoms with Gasteiger partial charge in [0.1, 0.15) is 5.75 Å². The minimum Gasteiger partial charge on any atom is -0.497 e. The summed E-state index contributed by atoms with van der Waals surface area (Å²) in [5, 5.41) is 0. The molecule has 0 aliphatic carbocycles. The van der Waals surface area contributed by atoms with Crippen LogP contribution >= 0.6 is 0 Å². The van der Waals surface area contributed by atoms with Gasteiger partial charge in [0.05, 0.1) is 25.0 Å². The lowest BCUT2D eigenvalue weighted by atomic mass is 10.2. The largest absolute Gasteiger partial charge is 0.497 e. The molecular weight excluding hydrogens is 260 g/mol. The number of carbonyl (C=O) groups is 1. The van der Waals surface area contributed by atoms with Crippen molar-refractivity contribution in [2.45, 2.75) is 6.42 Å². The number of ether oxygens (including phenoxy) is 2. The molecule has 0 aliphatic rings. The van der Waals surface area contributed by atoms with Gasteiger partial charge in [-0.3, -0.25) is 4.55 Å². The molecule has 0 amide bonds. The van der Waals surface area contributed by atoms with Crippen molar-refractivity contribution in [2.24, 2.45) is 0 Å². The van der Waals surface area contributed by atoms with Gasteiger partial charge in [0.2, 0.25) is 0 Å². The van der Waals surface area contributed by atoms with E-state index >= 15 is 0 Å². The van der Waals surface area contributed by atoms with Crippen molar-refractivity contribution in [3.8, 4) is 5.75 Å². The Balaban J connectivity index is 2.40. The van der Waals surface area contributed by atoms with Crippen molar-refractivity contribution in [3.63, 3.8) is 0 Å². The fraction of sp³-hybridized carbons (Fsp3) is 0.364. The van der Waals surface area contributed by atoms with E-state index < -0.39 is 21.8 Å². The number of hydrogen-bond donors (Lipinski definition) is 1. The summed E-state index contributed by atoms with van der Waals surface area (Å²) in [6.45, 7) is -0.0648. The summed E-state index contributed by atoms with van der Waals surface area (Å²) < 4.78 is 39.1. The highest BCUT2D eigenvalue weighted by Gasteiger charge is 2.08. The molecule has 0 unspecified atom stereocenters. The third kappa shape index (κ3) is 5.15. The maximum Gasteiger partial charge on any atom is 0.338 e. The summed E-state index contributed by atoms with van der Waals surface area (Å²) in [4.78, 5) is 11.5. The van der Waals surface area contributed by atoms with Crippen LogP contribution in [0.4, 0.5) is 0 Å². The summed E-state index contributed by atoms with van der Waals surface area (Å²) >= 11 is 0. The molecule has 1 N–H and O–H groups in total. The van der Waals surface area contributed by atoms with Crippen LogP contribution < -0.4 is 4.74 Å². The molecule has 0 spiro atoms.